The monoisotopic (exact) mass is 221 g/mol. The summed E-state index contributed by atoms with van der Waals surface area (Å²) in [4.78, 5) is 0. The molecule has 0 aromatic heterocycles. The standard InChI is InChI=1S/C15H27N/c1-12-6-5-9-14(10-12)15(16)11-13-7-3-2-4-8-13/h7,12,14-15H,2-6,8-11,16H2,1H3. The van der Waals surface area contributed by atoms with Gasteiger partial charge in [0.25, 0.3) is 0 Å². The highest BCUT2D eigenvalue weighted by molar-refractivity contribution is 5.07. The van der Waals surface area contributed by atoms with Crippen LogP contribution in [0.4, 0.5) is 0 Å². The van der Waals surface area contributed by atoms with Gasteiger partial charge in [-0.05, 0) is 56.8 Å². The minimum Gasteiger partial charge on any atom is -0.327 e. The summed E-state index contributed by atoms with van der Waals surface area (Å²) in [5, 5.41) is 0. The van der Waals surface area contributed by atoms with E-state index in [9.17, 15) is 0 Å². The van der Waals surface area contributed by atoms with Crippen molar-refractivity contribution in [2.24, 2.45) is 17.6 Å². The van der Waals surface area contributed by atoms with Gasteiger partial charge >= 0.3 is 0 Å². The lowest BCUT2D eigenvalue weighted by atomic mass is 9.77. The van der Waals surface area contributed by atoms with E-state index in [0.29, 0.717) is 6.04 Å². The van der Waals surface area contributed by atoms with Crippen LogP contribution in [0.2, 0.25) is 0 Å². The molecule has 0 radical (unpaired) electrons. The Morgan fingerprint density at radius 2 is 2.19 bits per heavy atom. The Kier molecular flexibility index (Phi) is 4.45. The van der Waals surface area contributed by atoms with Gasteiger partial charge in [-0.25, -0.2) is 0 Å². The van der Waals surface area contributed by atoms with Crippen LogP contribution in [0.25, 0.3) is 0 Å². The third-order valence-electron chi connectivity index (χ3n) is 4.47. The molecule has 0 aromatic carbocycles. The first-order chi connectivity index (χ1) is 7.75. The number of hydrogen-bond acceptors (Lipinski definition) is 1. The van der Waals surface area contributed by atoms with Crippen LogP contribution in [0, 0.1) is 11.8 Å². The van der Waals surface area contributed by atoms with E-state index < -0.39 is 0 Å². The summed E-state index contributed by atoms with van der Waals surface area (Å²) in [6.45, 7) is 2.39. The van der Waals surface area contributed by atoms with Gasteiger partial charge < -0.3 is 5.73 Å². The average Bonchev–Trinajstić information content (AvgIpc) is 2.30. The van der Waals surface area contributed by atoms with Crippen molar-refractivity contribution in [1.82, 2.24) is 0 Å². The third kappa shape index (κ3) is 3.35. The van der Waals surface area contributed by atoms with Crippen molar-refractivity contribution >= 4 is 0 Å². The molecule has 3 atom stereocenters. The van der Waals surface area contributed by atoms with Crippen LogP contribution < -0.4 is 5.73 Å². The normalized spacial score (nSPS) is 33.2. The molecule has 1 nitrogen and oxygen atoms in total. The zero-order valence-corrected chi connectivity index (χ0v) is 10.8. The Hall–Kier alpha value is -0.300. The number of nitrogens with two attached hydrogens (primary N) is 1. The Morgan fingerprint density at radius 1 is 1.31 bits per heavy atom. The largest absolute Gasteiger partial charge is 0.327 e. The Morgan fingerprint density at radius 3 is 2.88 bits per heavy atom. The predicted octanol–water partition coefficient (Wildman–Crippen LogP) is 4.03. The van der Waals surface area contributed by atoms with Crippen molar-refractivity contribution in [3.63, 3.8) is 0 Å². The first-order valence-corrected chi connectivity index (χ1v) is 7.19. The molecule has 0 heterocycles. The topological polar surface area (TPSA) is 26.0 Å². The molecule has 1 saturated carbocycles. The number of allylic oxidation sites excluding steroid dienone is 1. The molecule has 3 unspecified atom stereocenters. The highest BCUT2D eigenvalue weighted by atomic mass is 14.7. The van der Waals surface area contributed by atoms with Crippen LogP contribution >= 0.6 is 0 Å². The smallest absolute Gasteiger partial charge is 0.0105 e. The molecule has 0 amide bonds. The van der Waals surface area contributed by atoms with Gasteiger partial charge in [0.05, 0.1) is 0 Å². The summed E-state index contributed by atoms with van der Waals surface area (Å²) in [6, 6.07) is 0.437. The molecular weight excluding hydrogens is 194 g/mol. The van der Waals surface area contributed by atoms with Gasteiger partial charge in [-0.1, -0.05) is 31.4 Å². The van der Waals surface area contributed by atoms with E-state index >= 15 is 0 Å². The SMILES string of the molecule is CC1CCCC(C(N)CC2=CCCCC2)C1. The molecule has 0 aromatic rings. The van der Waals surface area contributed by atoms with E-state index in [4.69, 9.17) is 5.73 Å². The molecule has 0 spiro atoms. The van der Waals surface area contributed by atoms with Crippen molar-refractivity contribution in [1.29, 1.82) is 0 Å². The second kappa shape index (κ2) is 5.86. The van der Waals surface area contributed by atoms with E-state index in [2.05, 4.69) is 13.0 Å². The molecule has 2 N–H and O–H groups in total. The summed E-state index contributed by atoms with van der Waals surface area (Å²) < 4.78 is 0. The fraction of sp³-hybridized carbons (Fsp3) is 0.867. The lowest BCUT2D eigenvalue weighted by molar-refractivity contribution is 0.244. The summed E-state index contributed by atoms with van der Waals surface area (Å²) in [7, 11) is 0. The Bertz CT molecular complexity index is 244. The minimum atomic E-state index is 0.437. The fourth-order valence-corrected chi connectivity index (χ4v) is 3.43. The van der Waals surface area contributed by atoms with Crippen LogP contribution in [0.1, 0.15) is 64.7 Å². The number of hydrogen-bond donors (Lipinski definition) is 1. The Labute approximate surface area is 100 Å². The first-order valence-electron chi connectivity index (χ1n) is 7.19. The molecule has 92 valence electrons. The van der Waals surface area contributed by atoms with Gasteiger partial charge in [0.1, 0.15) is 0 Å². The van der Waals surface area contributed by atoms with Gasteiger partial charge in [-0.15, -0.1) is 0 Å². The summed E-state index contributed by atoms with van der Waals surface area (Å²) in [6.07, 6.45) is 14.6. The zero-order valence-electron chi connectivity index (χ0n) is 10.8. The maximum absolute atomic E-state index is 6.40. The van der Waals surface area contributed by atoms with E-state index in [1.54, 1.807) is 5.57 Å². The summed E-state index contributed by atoms with van der Waals surface area (Å²) >= 11 is 0. The average molecular weight is 221 g/mol. The maximum atomic E-state index is 6.40. The predicted molar refractivity (Wildman–Crippen MR) is 70.3 cm³/mol. The van der Waals surface area contributed by atoms with Gasteiger partial charge in [0, 0.05) is 6.04 Å². The lowest BCUT2D eigenvalue weighted by Crippen LogP contribution is -2.33. The third-order valence-corrected chi connectivity index (χ3v) is 4.47. The highest BCUT2D eigenvalue weighted by Crippen LogP contribution is 2.33. The van der Waals surface area contributed by atoms with Crippen molar-refractivity contribution in [2.75, 3.05) is 0 Å². The maximum Gasteiger partial charge on any atom is 0.0105 e. The van der Waals surface area contributed by atoms with Crippen molar-refractivity contribution < 1.29 is 0 Å². The van der Waals surface area contributed by atoms with Crippen LogP contribution in [-0.2, 0) is 0 Å². The van der Waals surface area contributed by atoms with Gasteiger partial charge in [-0.2, -0.15) is 0 Å². The number of rotatable bonds is 3. The van der Waals surface area contributed by atoms with Crippen LogP contribution in [0.5, 0.6) is 0 Å². The highest BCUT2D eigenvalue weighted by Gasteiger charge is 2.24. The lowest BCUT2D eigenvalue weighted by Gasteiger charge is -2.32. The fourth-order valence-electron chi connectivity index (χ4n) is 3.43. The van der Waals surface area contributed by atoms with E-state index in [1.807, 2.05) is 0 Å². The van der Waals surface area contributed by atoms with Crippen molar-refractivity contribution in [3.05, 3.63) is 11.6 Å². The van der Waals surface area contributed by atoms with Gasteiger partial charge in [0.2, 0.25) is 0 Å². The summed E-state index contributed by atoms with van der Waals surface area (Å²) in [5.74, 6) is 1.71. The van der Waals surface area contributed by atoms with Crippen molar-refractivity contribution in [2.45, 2.75) is 70.8 Å². The second-order valence-corrected chi connectivity index (χ2v) is 6.01. The van der Waals surface area contributed by atoms with Gasteiger partial charge in [-0.3, -0.25) is 0 Å². The van der Waals surface area contributed by atoms with Crippen LogP contribution in [-0.4, -0.2) is 6.04 Å². The Balaban J connectivity index is 1.82. The molecule has 0 aliphatic heterocycles. The molecule has 1 heteroatoms. The van der Waals surface area contributed by atoms with E-state index in [0.717, 1.165) is 11.8 Å². The summed E-state index contributed by atoms with van der Waals surface area (Å²) in [5.41, 5.74) is 8.05. The second-order valence-electron chi connectivity index (χ2n) is 6.01. The van der Waals surface area contributed by atoms with Crippen molar-refractivity contribution in [3.8, 4) is 0 Å². The molecule has 16 heavy (non-hydrogen) atoms. The van der Waals surface area contributed by atoms with Crippen LogP contribution in [0.3, 0.4) is 0 Å². The first kappa shape index (κ1) is 12.2. The molecule has 0 saturated heterocycles. The van der Waals surface area contributed by atoms with Crippen LogP contribution in [0.15, 0.2) is 11.6 Å². The molecule has 2 aliphatic carbocycles. The van der Waals surface area contributed by atoms with Gasteiger partial charge in [0.15, 0.2) is 0 Å². The minimum absolute atomic E-state index is 0.437. The van der Waals surface area contributed by atoms with E-state index in [-0.39, 0.29) is 0 Å². The zero-order chi connectivity index (χ0) is 11.4. The molecular formula is C15H27N. The molecule has 1 fully saturated rings. The molecule has 2 rings (SSSR count). The molecule has 0 bridgehead atoms. The quantitative estimate of drug-likeness (QED) is 0.715. The molecule has 2 aliphatic rings. The van der Waals surface area contributed by atoms with E-state index in [1.165, 1.54) is 57.8 Å².